The van der Waals surface area contributed by atoms with Crippen LogP contribution in [-0.2, 0) is 21.4 Å². The third kappa shape index (κ3) is 3.58. The Hall–Kier alpha value is -2.08. The number of aliphatic carboxylic acids is 1. The zero-order chi connectivity index (χ0) is 12.2. The molecule has 0 aliphatic heterocycles. The molecule has 0 spiro atoms. The lowest BCUT2D eigenvalue weighted by Gasteiger charge is -2.00. The molecule has 0 aliphatic carbocycles. The number of hydrogen-bond donors (Lipinski definition) is 2. The molecule has 0 unspecified atom stereocenters. The van der Waals surface area contributed by atoms with Crippen molar-refractivity contribution in [1.82, 2.24) is 9.78 Å². The van der Waals surface area contributed by atoms with E-state index < -0.39 is 21.7 Å². The summed E-state index contributed by atoms with van der Waals surface area (Å²) in [6, 6.07) is 1.50. The van der Waals surface area contributed by atoms with Crippen molar-refractivity contribution in [3.63, 3.8) is 0 Å². The van der Waals surface area contributed by atoms with Crippen molar-refractivity contribution in [3.05, 3.63) is 12.4 Å². The average molecular weight is 244 g/mol. The summed E-state index contributed by atoms with van der Waals surface area (Å²) in [5.74, 6) is -1.76. The lowest BCUT2D eigenvalue weighted by atomic mass is 10.6. The van der Waals surface area contributed by atoms with Crippen LogP contribution < -0.4 is 4.72 Å². The molecule has 9 heteroatoms. The Morgan fingerprint density at radius 2 is 2.38 bits per heavy atom. The first-order chi connectivity index (χ1) is 7.43. The molecular formula is C7H8N4O4S. The molecule has 1 heterocycles. The molecular weight excluding hydrogens is 236 g/mol. The van der Waals surface area contributed by atoms with Gasteiger partial charge in [0.2, 0.25) is 10.0 Å². The molecule has 1 aromatic rings. The second-order valence-electron chi connectivity index (χ2n) is 2.84. The minimum Gasteiger partial charge on any atom is -0.480 e. The number of sulfonamides is 1. The lowest BCUT2D eigenvalue weighted by Crippen LogP contribution is -2.15. The molecule has 0 bridgehead atoms. The summed E-state index contributed by atoms with van der Waals surface area (Å²) in [4.78, 5) is 10.3. The predicted octanol–water partition coefficient (Wildman–Crippen LogP) is -0.767. The second kappa shape index (κ2) is 4.63. The van der Waals surface area contributed by atoms with Crippen LogP contribution in [0.25, 0.3) is 0 Å². The van der Waals surface area contributed by atoms with Crippen molar-refractivity contribution in [3.8, 4) is 6.07 Å². The Bertz CT molecular complexity index is 527. The Morgan fingerprint density at radius 1 is 1.69 bits per heavy atom. The van der Waals surface area contributed by atoms with E-state index in [9.17, 15) is 13.2 Å². The first-order valence-corrected chi connectivity index (χ1v) is 5.70. The number of rotatable bonds is 5. The average Bonchev–Trinajstić information content (AvgIpc) is 2.49. The SMILES string of the molecule is N#CCS(=O)(=O)Nc1cnn(CC(=O)O)c1. The number of carbonyl (C=O) groups is 1. The van der Waals surface area contributed by atoms with Gasteiger partial charge < -0.3 is 5.11 Å². The summed E-state index contributed by atoms with van der Waals surface area (Å²) in [5, 5.41) is 20.3. The molecule has 0 fully saturated rings. The standard InChI is InChI=1S/C7H8N4O4S/c8-1-2-16(14,15)10-6-3-9-11(4-6)5-7(12)13/h3-4,10H,2,5H2,(H,12,13). The molecule has 2 N–H and O–H groups in total. The summed E-state index contributed by atoms with van der Waals surface area (Å²) in [6.45, 7) is -0.361. The van der Waals surface area contributed by atoms with E-state index in [4.69, 9.17) is 10.4 Å². The fraction of sp³-hybridized carbons (Fsp3) is 0.286. The van der Waals surface area contributed by atoms with Crippen LogP contribution in [0.1, 0.15) is 0 Å². The first kappa shape index (κ1) is 12.0. The third-order valence-corrected chi connectivity index (χ3v) is 2.51. The lowest BCUT2D eigenvalue weighted by molar-refractivity contribution is -0.137. The number of carboxylic acids is 1. The van der Waals surface area contributed by atoms with E-state index in [1.807, 2.05) is 0 Å². The monoisotopic (exact) mass is 244 g/mol. The number of nitriles is 1. The van der Waals surface area contributed by atoms with Crippen molar-refractivity contribution in [1.29, 1.82) is 5.26 Å². The molecule has 86 valence electrons. The van der Waals surface area contributed by atoms with Gasteiger partial charge in [-0.1, -0.05) is 0 Å². The number of carboxylic acid groups (broad SMARTS) is 1. The van der Waals surface area contributed by atoms with Gasteiger partial charge in [-0.3, -0.25) is 14.2 Å². The largest absolute Gasteiger partial charge is 0.480 e. The van der Waals surface area contributed by atoms with E-state index in [0.717, 1.165) is 10.9 Å². The van der Waals surface area contributed by atoms with Crippen molar-refractivity contribution < 1.29 is 18.3 Å². The zero-order valence-electron chi connectivity index (χ0n) is 7.99. The highest BCUT2D eigenvalue weighted by molar-refractivity contribution is 7.92. The molecule has 0 atom stereocenters. The van der Waals surface area contributed by atoms with E-state index in [0.29, 0.717) is 0 Å². The summed E-state index contributed by atoms with van der Waals surface area (Å²) < 4.78 is 25.4. The normalized spacial score (nSPS) is 10.7. The molecule has 1 aromatic heterocycles. The van der Waals surface area contributed by atoms with Gasteiger partial charge in [0.15, 0.2) is 5.75 Å². The topological polar surface area (TPSA) is 125 Å². The fourth-order valence-electron chi connectivity index (χ4n) is 0.942. The molecule has 0 aliphatic rings. The molecule has 0 saturated heterocycles. The molecule has 0 radical (unpaired) electrons. The molecule has 0 aromatic carbocycles. The molecule has 16 heavy (non-hydrogen) atoms. The second-order valence-corrected chi connectivity index (χ2v) is 4.56. The Labute approximate surface area is 91.2 Å². The molecule has 1 rings (SSSR count). The van der Waals surface area contributed by atoms with Crippen molar-refractivity contribution in [2.45, 2.75) is 6.54 Å². The summed E-state index contributed by atoms with van der Waals surface area (Å²) in [5.41, 5.74) is 0.122. The summed E-state index contributed by atoms with van der Waals surface area (Å²) in [6.07, 6.45) is 2.39. The maximum atomic E-state index is 11.1. The van der Waals surface area contributed by atoms with E-state index in [1.165, 1.54) is 12.3 Å². The number of hydrogen-bond acceptors (Lipinski definition) is 5. The van der Waals surface area contributed by atoms with Gasteiger partial charge in [-0.15, -0.1) is 0 Å². The predicted molar refractivity (Wildman–Crippen MR) is 52.9 cm³/mol. The molecule has 0 saturated carbocycles. The number of aromatic nitrogens is 2. The van der Waals surface area contributed by atoms with Crippen LogP contribution in [0.15, 0.2) is 12.4 Å². The van der Waals surface area contributed by atoms with Crippen LogP contribution >= 0.6 is 0 Å². The minimum atomic E-state index is -3.71. The van der Waals surface area contributed by atoms with Crippen LogP contribution in [0.4, 0.5) is 5.69 Å². The molecule has 8 nitrogen and oxygen atoms in total. The van der Waals surface area contributed by atoms with Crippen LogP contribution in [0, 0.1) is 11.3 Å². The molecule has 0 amide bonds. The van der Waals surface area contributed by atoms with E-state index in [2.05, 4.69) is 9.82 Å². The van der Waals surface area contributed by atoms with Crippen molar-refractivity contribution >= 4 is 21.7 Å². The number of nitrogens with zero attached hydrogens (tertiary/aromatic N) is 3. The van der Waals surface area contributed by atoms with Gasteiger partial charge in [0.1, 0.15) is 6.54 Å². The van der Waals surface area contributed by atoms with Gasteiger partial charge in [0, 0.05) is 6.20 Å². The van der Waals surface area contributed by atoms with Crippen LogP contribution in [0.3, 0.4) is 0 Å². The Kier molecular flexibility index (Phi) is 3.47. The zero-order valence-corrected chi connectivity index (χ0v) is 8.81. The van der Waals surface area contributed by atoms with Gasteiger partial charge >= 0.3 is 5.97 Å². The van der Waals surface area contributed by atoms with Gasteiger partial charge in [-0.05, 0) is 0 Å². The fourth-order valence-corrected chi connectivity index (χ4v) is 1.65. The van der Waals surface area contributed by atoms with Crippen molar-refractivity contribution in [2.75, 3.05) is 10.5 Å². The van der Waals surface area contributed by atoms with Crippen molar-refractivity contribution in [2.24, 2.45) is 0 Å². The summed E-state index contributed by atoms with van der Waals surface area (Å²) >= 11 is 0. The maximum Gasteiger partial charge on any atom is 0.325 e. The Morgan fingerprint density at radius 3 is 2.94 bits per heavy atom. The highest BCUT2D eigenvalue weighted by Crippen LogP contribution is 2.07. The minimum absolute atomic E-state index is 0.122. The van der Waals surface area contributed by atoms with Gasteiger partial charge in [-0.2, -0.15) is 10.4 Å². The highest BCUT2D eigenvalue weighted by Gasteiger charge is 2.11. The van der Waals surface area contributed by atoms with E-state index in [1.54, 1.807) is 0 Å². The number of nitrogens with one attached hydrogen (secondary N) is 1. The van der Waals surface area contributed by atoms with E-state index in [-0.39, 0.29) is 12.2 Å². The smallest absolute Gasteiger partial charge is 0.325 e. The van der Waals surface area contributed by atoms with E-state index >= 15 is 0 Å². The van der Waals surface area contributed by atoms with Crippen LogP contribution in [0.2, 0.25) is 0 Å². The van der Waals surface area contributed by atoms with Gasteiger partial charge in [-0.25, -0.2) is 8.42 Å². The van der Waals surface area contributed by atoms with Gasteiger partial charge in [0.25, 0.3) is 0 Å². The van der Waals surface area contributed by atoms with Crippen LogP contribution in [0.5, 0.6) is 0 Å². The highest BCUT2D eigenvalue weighted by atomic mass is 32.2. The third-order valence-electron chi connectivity index (χ3n) is 1.46. The van der Waals surface area contributed by atoms with Crippen LogP contribution in [-0.4, -0.2) is 35.0 Å². The van der Waals surface area contributed by atoms with Gasteiger partial charge in [0.05, 0.1) is 18.0 Å². The first-order valence-electron chi connectivity index (χ1n) is 4.04. The maximum absolute atomic E-state index is 11.1. The Balaban J connectivity index is 2.73. The quantitative estimate of drug-likeness (QED) is 0.700. The summed E-state index contributed by atoms with van der Waals surface area (Å²) in [7, 11) is -3.71. The number of anilines is 1.